The summed E-state index contributed by atoms with van der Waals surface area (Å²) in [5.41, 5.74) is 5.87. The van der Waals surface area contributed by atoms with Crippen molar-refractivity contribution < 1.29 is 5.11 Å². The summed E-state index contributed by atoms with van der Waals surface area (Å²) < 4.78 is 0. The molecule has 0 heterocycles. The van der Waals surface area contributed by atoms with Gasteiger partial charge in [0.25, 0.3) is 0 Å². The van der Waals surface area contributed by atoms with Crippen molar-refractivity contribution >= 4 is 0 Å². The lowest BCUT2D eigenvalue weighted by atomic mass is 9.78. The maximum atomic E-state index is 9.31. The summed E-state index contributed by atoms with van der Waals surface area (Å²) in [5.74, 6) is 0.970. The van der Waals surface area contributed by atoms with Crippen molar-refractivity contribution in [3.63, 3.8) is 0 Å². The van der Waals surface area contributed by atoms with Gasteiger partial charge in [0.15, 0.2) is 0 Å². The predicted octanol–water partition coefficient (Wildman–Crippen LogP) is 0.741. The molecule has 0 amide bonds. The van der Waals surface area contributed by atoms with Crippen molar-refractivity contribution in [2.24, 2.45) is 17.6 Å². The van der Waals surface area contributed by atoms with E-state index in [0.29, 0.717) is 17.9 Å². The van der Waals surface area contributed by atoms with Crippen LogP contribution in [0.3, 0.4) is 0 Å². The van der Waals surface area contributed by atoms with Crippen LogP contribution in [-0.4, -0.2) is 17.3 Å². The van der Waals surface area contributed by atoms with E-state index < -0.39 is 0 Å². The SMILES string of the molecule is CC1CC(O)CC(C)C1N. The number of aliphatic hydroxyl groups is 1. The number of aliphatic hydroxyl groups excluding tert-OH is 1. The van der Waals surface area contributed by atoms with Crippen molar-refractivity contribution in [3.05, 3.63) is 0 Å². The second kappa shape index (κ2) is 2.89. The number of rotatable bonds is 0. The molecule has 0 aromatic carbocycles. The minimum absolute atomic E-state index is 0.107. The second-order valence-corrected chi connectivity index (χ2v) is 3.66. The largest absolute Gasteiger partial charge is 0.393 e. The van der Waals surface area contributed by atoms with Crippen LogP contribution in [0.1, 0.15) is 26.7 Å². The van der Waals surface area contributed by atoms with Gasteiger partial charge < -0.3 is 10.8 Å². The summed E-state index contributed by atoms with van der Waals surface area (Å²) in [4.78, 5) is 0. The van der Waals surface area contributed by atoms with Crippen LogP contribution >= 0.6 is 0 Å². The van der Waals surface area contributed by atoms with Gasteiger partial charge in [0.05, 0.1) is 6.10 Å². The molecule has 3 N–H and O–H groups in total. The summed E-state index contributed by atoms with van der Waals surface area (Å²) in [7, 11) is 0. The zero-order chi connectivity index (χ0) is 7.72. The molecule has 1 saturated carbocycles. The fourth-order valence-corrected chi connectivity index (χ4v) is 1.83. The van der Waals surface area contributed by atoms with E-state index in [1.807, 2.05) is 0 Å². The third kappa shape index (κ3) is 1.50. The highest BCUT2D eigenvalue weighted by Crippen LogP contribution is 2.27. The molecule has 0 aromatic rings. The van der Waals surface area contributed by atoms with Crippen LogP contribution in [0.5, 0.6) is 0 Å². The van der Waals surface area contributed by atoms with Crippen molar-refractivity contribution in [2.45, 2.75) is 38.8 Å². The molecule has 0 saturated heterocycles. The summed E-state index contributed by atoms with van der Waals surface area (Å²) in [6, 6.07) is 0.295. The van der Waals surface area contributed by atoms with Crippen LogP contribution in [0.2, 0.25) is 0 Å². The monoisotopic (exact) mass is 143 g/mol. The van der Waals surface area contributed by atoms with Gasteiger partial charge >= 0.3 is 0 Å². The average molecular weight is 143 g/mol. The first-order valence-corrected chi connectivity index (χ1v) is 4.05. The molecule has 1 fully saturated rings. The van der Waals surface area contributed by atoms with Gasteiger partial charge in [-0.3, -0.25) is 0 Å². The van der Waals surface area contributed by atoms with Crippen molar-refractivity contribution in [1.29, 1.82) is 0 Å². The molecule has 2 nitrogen and oxygen atoms in total. The third-order valence-electron chi connectivity index (χ3n) is 2.60. The van der Waals surface area contributed by atoms with Crippen molar-refractivity contribution in [1.82, 2.24) is 0 Å². The van der Waals surface area contributed by atoms with E-state index >= 15 is 0 Å². The molecular weight excluding hydrogens is 126 g/mol. The highest BCUT2D eigenvalue weighted by Gasteiger charge is 2.28. The van der Waals surface area contributed by atoms with Gasteiger partial charge in [0.2, 0.25) is 0 Å². The molecule has 0 spiro atoms. The first-order chi connectivity index (χ1) is 4.61. The summed E-state index contributed by atoms with van der Waals surface area (Å²) in [6.45, 7) is 4.23. The van der Waals surface area contributed by atoms with Crippen LogP contribution in [0, 0.1) is 11.8 Å². The Morgan fingerprint density at radius 1 is 1.20 bits per heavy atom. The molecule has 1 aliphatic rings. The van der Waals surface area contributed by atoms with Gasteiger partial charge in [-0.2, -0.15) is 0 Å². The Labute approximate surface area is 62.4 Å². The number of hydrogen-bond donors (Lipinski definition) is 2. The lowest BCUT2D eigenvalue weighted by Crippen LogP contribution is -2.42. The zero-order valence-electron chi connectivity index (χ0n) is 6.75. The number of nitrogens with two attached hydrogens (primary N) is 1. The van der Waals surface area contributed by atoms with E-state index in [0.717, 1.165) is 12.8 Å². The lowest BCUT2D eigenvalue weighted by Gasteiger charge is -2.34. The Morgan fingerprint density at radius 3 is 2.00 bits per heavy atom. The van der Waals surface area contributed by atoms with Crippen molar-refractivity contribution in [3.8, 4) is 0 Å². The van der Waals surface area contributed by atoms with Gasteiger partial charge in [-0.05, 0) is 24.7 Å². The maximum Gasteiger partial charge on any atom is 0.0546 e. The smallest absolute Gasteiger partial charge is 0.0546 e. The standard InChI is InChI=1S/C8H17NO/c1-5-3-7(10)4-6(2)8(5)9/h5-8,10H,3-4,9H2,1-2H3. The van der Waals surface area contributed by atoms with E-state index in [4.69, 9.17) is 5.73 Å². The molecule has 1 rings (SSSR count). The quantitative estimate of drug-likeness (QED) is 0.525. The van der Waals surface area contributed by atoms with Crippen LogP contribution in [-0.2, 0) is 0 Å². The van der Waals surface area contributed by atoms with Gasteiger partial charge in [-0.1, -0.05) is 13.8 Å². The van der Waals surface area contributed by atoms with Crippen LogP contribution in [0.4, 0.5) is 0 Å². The Balaban J connectivity index is 2.49. The Morgan fingerprint density at radius 2 is 1.60 bits per heavy atom. The highest BCUT2D eigenvalue weighted by molar-refractivity contribution is 4.84. The normalized spacial score (nSPS) is 49.2. The van der Waals surface area contributed by atoms with E-state index in [1.165, 1.54) is 0 Å². The average Bonchev–Trinajstić information content (AvgIpc) is 1.82. The Hall–Kier alpha value is -0.0800. The second-order valence-electron chi connectivity index (χ2n) is 3.66. The first kappa shape index (κ1) is 8.02. The van der Waals surface area contributed by atoms with Gasteiger partial charge in [0, 0.05) is 6.04 Å². The molecule has 0 aromatic heterocycles. The van der Waals surface area contributed by atoms with E-state index in [2.05, 4.69) is 13.8 Å². The van der Waals surface area contributed by atoms with Gasteiger partial charge in [-0.25, -0.2) is 0 Å². The molecule has 2 heteroatoms. The van der Waals surface area contributed by atoms with E-state index in [1.54, 1.807) is 0 Å². The molecule has 2 unspecified atom stereocenters. The molecule has 1 aliphatic carbocycles. The summed E-state index contributed by atoms with van der Waals surface area (Å²) in [5, 5.41) is 9.31. The van der Waals surface area contributed by atoms with Crippen LogP contribution in [0.25, 0.3) is 0 Å². The lowest BCUT2D eigenvalue weighted by molar-refractivity contribution is 0.0671. The fraction of sp³-hybridized carbons (Fsp3) is 1.00. The molecular formula is C8H17NO. The van der Waals surface area contributed by atoms with Crippen molar-refractivity contribution in [2.75, 3.05) is 0 Å². The Kier molecular flexibility index (Phi) is 2.32. The minimum Gasteiger partial charge on any atom is -0.393 e. The minimum atomic E-state index is -0.107. The molecule has 10 heavy (non-hydrogen) atoms. The summed E-state index contributed by atoms with van der Waals surface area (Å²) in [6.07, 6.45) is 1.65. The highest BCUT2D eigenvalue weighted by atomic mass is 16.3. The predicted molar refractivity (Wildman–Crippen MR) is 41.5 cm³/mol. The molecule has 0 bridgehead atoms. The molecule has 2 atom stereocenters. The van der Waals surface area contributed by atoms with Crippen LogP contribution in [0.15, 0.2) is 0 Å². The third-order valence-corrected chi connectivity index (χ3v) is 2.60. The van der Waals surface area contributed by atoms with Crippen LogP contribution < -0.4 is 5.73 Å². The zero-order valence-corrected chi connectivity index (χ0v) is 6.75. The van der Waals surface area contributed by atoms with E-state index in [-0.39, 0.29) is 6.10 Å². The topological polar surface area (TPSA) is 46.2 Å². The van der Waals surface area contributed by atoms with Gasteiger partial charge in [0.1, 0.15) is 0 Å². The Bertz CT molecular complexity index is 104. The molecule has 60 valence electrons. The first-order valence-electron chi connectivity index (χ1n) is 4.05. The van der Waals surface area contributed by atoms with Gasteiger partial charge in [-0.15, -0.1) is 0 Å². The molecule has 0 radical (unpaired) electrons. The van der Waals surface area contributed by atoms with E-state index in [9.17, 15) is 5.11 Å². The summed E-state index contributed by atoms with van der Waals surface area (Å²) >= 11 is 0. The maximum absolute atomic E-state index is 9.31. The number of hydrogen-bond acceptors (Lipinski definition) is 2. The fourth-order valence-electron chi connectivity index (χ4n) is 1.83. The molecule has 0 aliphatic heterocycles.